The quantitative estimate of drug-likeness (QED) is 0.603. The van der Waals surface area contributed by atoms with Gasteiger partial charge >= 0.3 is 0 Å². The molecule has 0 bridgehead atoms. The van der Waals surface area contributed by atoms with Gasteiger partial charge in [-0.15, -0.1) is 0 Å². The number of anilines is 1. The summed E-state index contributed by atoms with van der Waals surface area (Å²) in [6.07, 6.45) is 2.08. The number of sulfonamides is 2. The first-order chi connectivity index (χ1) is 12.1. The Morgan fingerprint density at radius 3 is 1.85 bits per heavy atom. The Bertz CT molecular complexity index is 963. The van der Waals surface area contributed by atoms with Crippen molar-refractivity contribution in [1.82, 2.24) is 14.0 Å². The van der Waals surface area contributed by atoms with Crippen molar-refractivity contribution in [2.24, 2.45) is 0 Å². The molecule has 0 aliphatic carbocycles. The van der Waals surface area contributed by atoms with E-state index in [1.807, 2.05) is 9.44 Å². The van der Waals surface area contributed by atoms with Gasteiger partial charge in [0.15, 0.2) is 0 Å². The van der Waals surface area contributed by atoms with E-state index in [1.54, 1.807) is 0 Å². The number of nitrogens with one attached hydrogen (secondary N) is 3. The van der Waals surface area contributed by atoms with Gasteiger partial charge in [0.2, 0.25) is 26.0 Å². The molecular weight excluding hydrogens is 387 g/mol. The Balaban J connectivity index is 2.31. The molecule has 0 spiro atoms. The maximum atomic E-state index is 12.9. The minimum Gasteiger partial charge on any atom is -0.342 e. The number of nitrogens with zero attached hydrogens (tertiary/aromatic N) is 1. The van der Waals surface area contributed by atoms with Crippen LogP contribution in [0.5, 0.6) is 0 Å². The van der Waals surface area contributed by atoms with E-state index < -0.39 is 41.6 Å². The molecule has 0 unspecified atom stereocenters. The van der Waals surface area contributed by atoms with Crippen LogP contribution in [-0.4, -0.2) is 41.4 Å². The van der Waals surface area contributed by atoms with Gasteiger partial charge in [0.1, 0.15) is 22.2 Å². The molecule has 2 aromatic rings. The number of amides is 1. The number of halogens is 1. The molecule has 26 heavy (non-hydrogen) atoms. The molecule has 0 fully saturated rings. The van der Waals surface area contributed by atoms with Crippen molar-refractivity contribution in [2.75, 3.05) is 19.4 Å². The Kier molecular flexibility index (Phi) is 5.81. The maximum absolute atomic E-state index is 12.9. The van der Waals surface area contributed by atoms with Crippen molar-refractivity contribution < 1.29 is 26.0 Å². The molecule has 2 rings (SSSR count). The molecule has 1 aromatic heterocycles. The first-order valence-electron chi connectivity index (χ1n) is 7.21. The molecule has 0 atom stereocenters. The lowest BCUT2D eigenvalue weighted by Crippen LogP contribution is -2.24. The van der Waals surface area contributed by atoms with E-state index in [1.165, 1.54) is 24.3 Å². The van der Waals surface area contributed by atoms with Crippen molar-refractivity contribution in [2.45, 2.75) is 16.3 Å². The molecule has 0 saturated carbocycles. The summed E-state index contributed by atoms with van der Waals surface area (Å²) in [6, 6.07) is 5.05. The van der Waals surface area contributed by atoms with Crippen molar-refractivity contribution >= 4 is 31.6 Å². The second-order valence-electron chi connectivity index (χ2n) is 5.13. The van der Waals surface area contributed by atoms with Crippen LogP contribution in [0.1, 0.15) is 0 Å². The largest absolute Gasteiger partial charge is 0.342 e. The van der Waals surface area contributed by atoms with E-state index in [-0.39, 0.29) is 6.54 Å². The summed E-state index contributed by atoms with van der Waals surface area (Å²) < 4.78 is 66.3. The fourth-order valence-corrected chi connectivity index (χ4v) is 4.36. The molecule has 0 saturated heterocycles. The molecular formula is C14H17FN4O5S2. The van der Waals surface area contributed by atoms with Gasteiger partial charge in [-0.3, -0.25) is 4.79 Å². The summed E-state index contributed by atoms with van der Waals surface area (Å²) in [5.74, 6) is -1.01. The van der Waals surface area contributed by atoms with Gasteiger partial charge in [0, 0.05) is 18.1 Å². The molecule has 0 aliphatic rings. The molecule has 3 N–H and O–H groups in total. The van der Waals surface area contributed by atoms with E-state index in [0.717, 1.165) is 31.1 Å². The van der Waals surface area contributed by atoms with Crippen LogP contribution in [0.2, 0.25) is 0 Å². The minimum atomic E-state index is -4.06. The highest BCUT2D eigenvalue weighted by molar-refractivity contribution is 7.92. The second-order valence-corrected chi connectivity index (χ2v) is 8.84. The summed E-state index contributed by atoms with van der Waals surface area (Å²) in [7, 11) is -5.84. The van der Waals surface area contributed by atoms with E-state index >= 15 is 0 Å². The monoisotopic (exact) mass is 404 g/mol. The highest BCUT2D eigenvalue weighted by atomic mass is 32.2. The standard InChI is InChI=1S/C14H17FN4O5S2/c1-16-25(21,22)12-7-19(8-13(12)26(23,24)17-2)9-14(20)18-11-5-3-10(15)4-6-11/h3-8,16-17H,9H2,1-2H3,(H,18,20). The van der Waals surface area contributed by atoms with E-state index in [0.29, 0.717) is 5.69 Å². The third-order valence-electron chi connectivity index (χ3n) is 3.38. The van der Waals surface area contributed by atoms with E-state index in [9.17, 15) is 26.0 Å². The summed E-state index contributed by atoms with van der Waals surface area (Å²) in [5, 5.41) is 2.50. The number of hydrogen-bond acceptors (Lipinski definition) is 5. The predicted octanol–water partition coefficient (Wildman–Crippen LogP) is 0.0821. The zero-order chi connectivity index (χ0) is 19.5. The van der Waals surface area contributed by atoms with Crippen LogP contribution in [0.25, 0.3) is 0 Å². The lowest BCUT2D eigenvalue weighted by atomic mass is 10.3. The van der Waals surface area contributed by atoms with Crippen molar-refractivity contribution in [3.63, 3.8) is 0 Å². The molecule has 0 aliphatic heterocycles. The fourth-order valence-electron chi connectivity index (χ4n) is 2.08. The summed E-state index contributed by atoms with van der Waals surface area (Å²) >= 11 is 0. The van der Waals surface area contributed by atoms with Gasteiger partial charge in [0.25, 0.3) is 0 Å². The molecule has 1 heterocycles. The fraction of sp³-hybridized carbons (Fsp3) is 0.214. The zero-order valence-corrected chi connectivity index (χ0v) is 15.5. The number of carbonyl (C=O) groups is 1. The summed E-state index contributed by atoms with van der Waals surface area (Å²) in [6.45, 7) is -0.344. The third-order valence-corrected chi connectivity index (χ3v) is 6.39. The number of aromatic nitrogens is 1. The Hall–Kier alpha value is -2.28. The molecule has 1 aromatic carbocycles. The normalized spacial score (nSPS) is 12.1. The number of carbonyl (C=O) groups excluding carboxylic acids is 1. The van der Waals surface area contributed by atoms with Crippen LogP contribution in [0.15, 0.2) is 46.5 Å². The van der Waals surface area contributed by atoms with Crippen molar-refractivity contribution in [3.05, 3.63) is 42.5 Å². The van der Waals surface area contributed by atoms with Crippen LogP contribution in [-0.2, 0) is 31.4 Å². The Morgan fingerprint density at radius 1 is 0.962 bits per heavy atom. The van der Waals surface area contributed by atoms with Gasteiger partial charge < -0.3 is 9.88 Å². The lowest BCUT2D eigenvalue weighted by molar-refractivity contribution is -0.116. The number of benzene rings is 1. The van der Waals surface area contributed by atoms with Crippen molar-refractivity contribution in [1.29, 1.82) is 0 Å². The summed E-state index contributed by atoms with van der Waals surface area (Å²) in [5.41, 5.74) is 0.342. The average molecular weight is 404 g/mol. The van der Waals surface area contributed by atoms with Crippen LogP contribution < -0.4 is 14.8 Å². The molecule has 0 radical (unpaired) electrons. The van der Waals surface area contributed by atoms with Crippen molar-refractivity contribution in [3.8, 4) is 0 Å². The van der Waals surface area contributed by atoms with Crippen LogP contribution >= 0.6 is 0 Å². The number of rotatable bonds is 7. The van der Waals surface area contributed by atoms with Gasteiger partial charge in [0.05, 0.1) is 0 Å². The van der Waals surface area contributed by atoms with E-state index in [4.69, 9.17) is 0 Å². The van der Waals surface area contributed by atoms with Gasteiger partial charge in [-0.2, -0.15) is 0 Å². The van der Waals surface area contributed by atoms with Gasteiger partial charge in [-0.05, 0) is 38.4 Å². The third kappa shape index (κ3) is 4.46. The Labute approximate surface area is 150 Å². The Morgan fingerprint density at radius 2 is 1.42 bits per heavy atom. The zero-order valence-electron chi connectivity index (χ0n) is 13.9. The molecule has 1 amide bonds. The van der Waals surface area contributed by atoms with E-state index in [2.05, 4.69) is 5.32 Å². The smallest absolute Gasteiger partial charge is 0.244 e. The first kappa shape index (κ1) is 20.0. The maximum Gasteiger partial charge on any atom is 0.244 e. The van der Waals surface area contributed by atoms with Crippen LogP contribution in [0, 0.1) is 5.82 Å². The van der Waals surface area contributed by atoms with Gasteiger partial charge in [-0.25, -0.2) is 30.7 Å². The topological polar surface area (TPSA) is 126 Å². The molecule has 9 nitrogen and oxygen atoms in total. The van der Waals surface area contributed by atoms with Crippen LogP contribution in [0.3, 0.4) is 0 Å². The van der Waals surface area contributed by atoms with Gasteiger partial charge in [-0.1, -0.05) is 0 Å². The minimum absolute atomic E-state index is 0.342. The highest BCUT2D eigenvalue weighted by Crippen LogP contribution is 2.22. The SMILES string of the molecule is CNS(=O)(=O)c1cn(CC(=O)Nc2ccc(F)cc2)cc1S(=O)(=O)NC. The summed E-state index contributed by atoms with van der Waals surface area (Å²) in [4.78, 5) is 11.1. The van der Waals surface area contributed by atoms with Crippen LogP contribution in [0.4, 0.5) is 10.1 Å². The average Bonchev–Trinajstić information content (AvgIpc) is 3.02. The molecule has 12 heteroatoms. The second kappa shape index (κ2) is 7.53. The number of hydrogen-bond donors (Lipinski definition) is 3. The predicted molar refractivity (Wildman–Crippen MR) is 92.0 cm³/mol. The molecule has 142 valence electrons. The lowest BCUT2D eigenvalue weighted by Gasteiger charge is -2.06. The highest BCUT2D eigenvalue weighted by Gasteiger charge is 2.27. The first-order valence-corrected chi connectivity index (χ1v) is 10.2.